The number of hydrogen-bond acceptors (Lipinski definition) is 2. The van der Waals surface area contributed by atoms with Gasteiger partial charge in [-0.25, -0.2) is 0 Å². The lowest BCUT2D eigenvalue weighted by molar-refractivity contribution is 0.652. The summed E-state index contributed by atoms with van der Waals surface area (Å²) in [4.78, 5) is 4.65. The number of halogens is 1. The molecule has 20 heavy (non-hydrogen) atoms. The van der Waals surface area contributed by atoms with Crippen LogP contribution in [0.3, 0.4) is 0 Å². The van der Waals surface area contributed by atoms with Crippen LogP contribution < -0.4 is 5.73 Å². The highest BCUT2D eigenvalue weighted by Crippen LogP contribution is 2.39. The second-order valence-electron chi connectivity index (χ2n) is 5.34. The molecule has 0 fully saturated rings. The molecule has 1 unspecified atom stereocenters. The average Bonchev–Trinajstić information content (AvgIpc) is 2.63. The van der Waals surface area contributed by atoms with Crippen LogP contribution in [0.2, 0.25) is 5.02 Å². The highest BCUT2D eigenvalue weighted by Gasteiger charge is 2.26. The molecule has 2 aromatic rings. The van der Waals surface area contributed by atoms with Crippen LogP contribution in [0.5, 0.6) is 0 Å². The van der Waals surface area contributed by atoms with Gasteiger partial charge in [0, 0.05) is 17.1 Å². The lowest BCUT2D eigenvalue weighted by Gasteiger charge is -2.20. The van der Waals surface area contributed by atoms with Gasteiger partial charge in [-0.2, -0.15) is 0 Å². The Bertz CT molecular complexity index is 610. The van der Waals surface area contributed by atoms with Crippen molar-refractivity contribution in [3.63, 3.8) is 0 Å². The highest BCUT2D eigenvalue weighted by molar-refractivity contribution is 6.31. The number of aromatic nitrogens is 1. The van der Waals surface area contributed by atoms with E-state index in [0.717, 1.165) is 30.7 Å². The minimum absolute atomic E-state index is 0.279. The molecular formula is C17H19ClN2. The summed E-state index contributed by atoms with van der Waals surface area (Å²) in [5.74, 6) is 0.279. The van der Waals surface area contributed by atoms with E-state index >= 15 is 0 Å². The Morgan fingerprint density at radius 1 is 1.15 bits per heavy atom. The standard InChI is InChI=1S/C17H19ClN2/c18-15-7-1-4-12-8-9-13-5-3-11-20-17(13)14(16(12)15)6-2-10-19/h1,3-5,7,11,14H,2,6,8-10,19H2. The number of benzene rings is 1. The number of hydrogen-bond donors (Lipinski definition) is 1. The molecule has 0 radical (unpaired) electrons. The van der Waals surface area contributed by atoms with Crippen LogP contribution in [0.25, 0.3) is 0 Å². The fourth-order valence-corrected chi connectivity index (χ4v) is 3.50. The molecule has 2 N–H and O–H groups in total. The first-order valence-electron chi connectivity index (χ1n) is 7.22. The van der Waals surface area contributed by atoms with E-state index in [4.69, 9.17) is 17.3 Å². The van der Waals surface area contributed by atoms with Crippen molar-refractivity contribution in [2.45, 2.75) is 31.6 Å². The van der Waals surface area contributed by atoms with E-state index in [2.05, 4.69) is 17.1 Å². The second-order valence-corrected chi connectivity index (χ2v) is 5.75. The Morgan fingerprint density at radius 2 is 1.95 bits per heavy atom. The molecular weight excluding hydrogens is 268 g/mol. The van der Waals surface area contributed by atoms with E-state index in [-0.39, 0.29) is 5.92 Å². The van der Waals surface area contributed by atoms with Gasteiger partial charge in [0.2, 0.25) is 0 Å². The van der Waals surface area contributed by atoms with E-state index in [9.17, 15) is 0 Å². The third kappa shape index (κ3) is 2.46. The summed E-state index contributed by atoms with van der Waals surface area (Å²) in [7, 11) is 0. The molecule has 1 atom stereocenters. The van der Waals surface area contributed by atoms with Gasteiger partial charge in [0.15, 0.2) is 0 Å². The summed E-state index contributed by atoms with van der Waals surface area (Å²) in [6, 6.07) is 10.4. The average molecular weight is 287 g/mol. The number of nitrogens with two attached hydrogens (primary N) is 1. The van der Waals surface area contributed by atoms with Crippen molar-refractivity contribution >= 4 is 11.6 Å². The normalized spacial score (nSPS) is 17.2. The van der Waals surface area contributed by atoms with Crippen molar-refractivity contribution in [2.24, 2.45) is 5.73 Å². The number of aryl methyl sites for hydroxylation is 2. The predicted molar refractivity (Wildman–Crippen MR) is 83.2 cm³/mol. The van der Waals surface area contributed by atoms with Gasteiger partial charge < -0.3 is 5.73 Å². The monoisotopic (exact) mass is 286 g/mol. The molecule has 1 aliphatic rings. The van der Waals surface area contributed by atoms with Crippen molar-refractivity contribution in [3.05, 3.63) is 63.9 Å². The molecule has 3 rings (SSSR count). The van der Waals surface area contributed by atoms with Crippen molar-refractivity contribution in [1.82, 2.24) is 4.98 Å². The molecule has 0 amide bonds. The van der Waals surface area contributed by atoms with Crippen LogP contribution in [0.1, 0.15) is 41.1 Å². The molecule has 2 nitrogen and oxygen atoms in total. The lowest BCUT2D eigenvalue weighted by Crippen LogP contribution is -2.09. The fourth-order valence-electron chi connectivity index (χ4n) is 3.17. The maximum atomic E-state index is 6.50. The molecule has 3 heteroatoms. The Balaban J connectivity index is 2.13. The van der Waals surface area contributed by atoms with Crippen LogP contribution >= 0.6 is 11.6 Å². The third-order valence-corrected chi connectivity index (χ3v) is 4.44. The molecule has 104 valence electrons. The lowest BCUT2D eigenvalue weighted by atomic mass is 9.88. The van der Waals surface area contributed by atoms with Crippen LogP contribution in [0.15, 0.2) is 36.5 Å². The quantitative estimate of drug-likeness (QED) is 0.934. The molecule has 0 aliphatic heterocycles. The summed E-state index contributed by atoms with van der Waals surface area (Å²) < 4.78 is 0. The number of nitrogens with zero attached hydrogens (tertiary/aromatic N) is 1. The summed E-state index contributed by atoms with van der Waals surface area (Å²) in [6.45, 7) is 0.707. The van der Waals surface area contributed by atoms with Crippen LogP contribution in [-0.4, -0.2) is 11.5 Å². The van der Waals surface area contributed by atoms with E-state index < -0.39 is 0 Å². The minimum Gasteiger partial charge on any atom is -0.330 e. The summed E-state index contributed by atoms with van der Waals surface area (Å²) in [6.07, 6.45) is 5.96. The van der Waals surface area contributed by atoms with Gasteiger partial charge >= 0.3 is 0 Å². The summed E-state index contributed by atoms with van der Waals surface area (Å²) in [5, 5.41) is 0.864. The van der Waals surface area contributed by atoms with Gasteiger partial charge in [-0.3, -0.25) is 4.98 Å². The van der Waals surface area contributed by atoms with Gasteiger partial charge in [-0.05, 0) is 61.1 Å². The molecule has 1 aliphatic carbocycles. The van der Waals surface area contributed by atoms with E-state index in [0.29, 0.717) is 6.54 Å². The van der Waals surface area contributed by atoms with Crippen LogP contribution in [0.4, 0.5) is 0 Å². The smallest absolute Gasteiger partial charge is 0.0511 e. The first kappa shape index (κ1) is 13.6. The minimum atomic E-state index is 0.279. The SMILES string of the molecule is NCCCC1c2ncccc2CCc2cccc(Cl)c21. The molecule has 1 heterocycles. The molecule has 0 saturated carbocycles. The van der Waals surface area contributed by atoms with E-state index in [1.807, 2.05) is 24.4 Å². The zero-order valence-electron chi connectivity index (χ0n) is 11.5. The molecule has 1 aromatic heterocycles. The summed E-state index contributed by atoms with van der Waals surface area (Å²) in [5.41, 5.74) is 10.9. The molecule has 0 bridgehead atoms. The highest BCUT2D eigenvalue weighted by atomic mass is 35.5. The summed E-state index contributed by atoms with van der Waals surface area (Å²) >= 11 is 6.50. The van der Waals surface area contributed by atoms with Gasteiger partial charge in [0.25, 0.3) is 0 Å². The Kier molecular flexibility index (Phi) is 4.04. The maximum absolute atomic E-state index is 6.50. The van der Waals surface area contributed by atoms with E-state index in [1.165, 1.54) is 22.4 Å². The molecule has 0 saturated heterocycles. The third-order valence-electron chi connectivity index (χ3n) is 4.11. The zero-order chi connectivity index (χ0) is 13.9. The van der Waals surface area contributed by atoms with Crippen molar-refractivity contribution in [3.8, 4) is 0 Å². The Hall–Kier alpha value is -1.38. The van der Waals surface area contributed by atoms with Gasteiger partial charge in [-0.15, -0.1) is 0 Å². The zero-order valence-corrected chi connectivity index (χ0v) is 12.2. The maximum Gasteiger partial charge on any atom is 0.0511 e. The second kappa shape index (κ2) is 5.94. The molecule has 0 spiro atoms. The van der Waals surface area contributed by atoms with Crippen LogP contribution in [-0.2, 0) is 12.8 Å². The fraction of sp³-hybridized carbons (Fsp3) is 0.353. The van der Waals surface area contributed by atoms with Gasteiger partial charge in [0.05, 0.1) is 5.69 Å². The van der Waals surface area contributed by atoms with Gasteiger partial charge in [0.1, 0.15) is 0 Å². The Labute approximate surface area is 125 Å². The number of rotatable bonds is 3. The Morgan fingerprint density at radius 3 is 2.80 bits per heavy atom. The van der Waals surface area contributed by atoms with Crippen molar-refractivity contribution in [1.29, 1.82) is 0 Å². The molecule has 1 aromatic carbocycles. The predicted octanol–water partition coefficient (Wildman–Crippen LogP) is 3.70. The van der Waals surface area contributed by atoms with Crippen molar-refractivity contribution in [2.75, 3.05) is 6.54 Å². The van der Waals surface area contributed by atoms with E-state index in [1.54, 1.807) is 0 Å². The number of fused-ring (bicyclic) bond motifs is 2. The van der Waals surface area contributed by atoms with Gasteiger partial charge in [-0.1, -0.05) is 29.8 Å². The topological polar surface area (TPSA) is 38.9 Å². The first-order chi connectivity index (χ1) is 9.81. The van der Waals surface area contributed by atoms with Crippen molar-refractivity contribution < 1.29 is 0 Å². The van der Waals surface area contributed by atoms with Crippen LogP contribution in [0, 0.1) is 0 Å². The largest absolute Gasteiger partial charge is 0.330 e. The first-order valence-corrected chi connectivity index (χ1v) is 7.60. The number of pyridine rings is 1.